The molecule has 0 fully saturated rings. The van der Waals surface area contributed by atoms with Crippen LogP contribution in [0.2, 0.25) is 0 Å². The number of amides is 1. The Balaban J connectivity index is 2.11. The van der Waals surface area contributed by atoms with Crippen molar-refractivity contribution in [3.63, 3.8) is 0 Å². The van der Waals surface area contributed by atoms with E-state index in [1.807, 2.05) is 19.9 Å². The van der Waals surface area contributed by atoms with Gasteiger partial charge in [-0.2, -0.15) is 5.26 Å². The largest absolute Gasteiger partial charge is 0.506 e. The van der Waals surface area contributed by atoms with Crippen LogP contribution in [0.1, 0.15) is 29.8 Å². The Hall–Kier alpha value is -3.66. The zero-order valence-electron chi connectivity index (χ0n) is 14.9. The van der Waals surface area contributed by atoms with Crippen LogP contribution in [0.4, 0.5) is 5.82 Å². The summed E-state index contributed by atoms with van der Waals surface area (Å²) < 4.78 is 1.50. The molecular weight excluding hydrogens is 344 g/mol. The van der Waals surface area contributed by atoms with Crippen molar-refractivity contribution in [1.29, 1.82) is 5.26 Å². The van der Waals surface area contributed by atoms with E-state index in [4.69, 9.17) is 5.26 Å². The second-order valence-corrected chi connectivity index (χ2v) is 6.55. The summed E-state index contributed by atoms with van der Waals surface area (Å²) in [4.78, 5) is 29.6. The van der Waals surface area contributed by atoms with Crippen molar-refractivity contribution in [2.45, 2.75) is 20.4 Å². The van der Waals surface area contributed by atoms with Gasteiger partial charge in [0.05, 0.1) is 11.1 Å². The number of benzene rings is 1. The van der Waals surface area contributed by atoms with Gasteiger partial charge in [-0.05, 0) is 30.2 Å². The van der Waals surface area contributed by atoms with Gasteiger partial charge in [-0.15, -0.1) is 0 Å². The molecule has 0 bridgehead atoms. The molecule has 0 unspecified atom stereocenters. The molecule has 0 radical (unpaired) electrons. The van der Waals surface area contributed by atoms with E-state index in [2.05, 4.69) is 10.3 Å². The summed E-state index contributed by atoms with van der Waals surface area (Å²) in [6.07, 6.45) is 1.31. The highest BCUT2D eigenvalue weighted by Crippen LogP contribution is 2.27. The molecule has 3 aromatic rings. The van der Waals surface area contributed by atoms with Gasteiger partial charge in [0.15, 0.2) is 0 Å². The van der Waals surface area contributed by atoms with Crippen LogP contribution in [-0.4, -0.2) is 20.6 Å². The van der Waals surface area contributed by atoms with Gasteiger partial charge in [0.25, 0.3) is 11.5 Å². The second-order valence-electron chi connectivity index (χ2n) is 6.55. The molecule has 2 aromatic heterocycles. The maximum Gasteiger partial charge on any atom is 0.267 e. The molecule has 2 heterocycles. The van der Waals surface area contributed by atoms with Crippen molar-refractivity contribution in [1.82, 2.24) is 9.55 Å². The number of nitrogens with one attached hydrogen (secondary N) is 1. The number of rotatable bonds is 4. The average molecular weight is 362 g/mol. The highest BCUT2D eigenvalue weighted by molar-refractivity contribution is 6.08. The molecular formula is C20H18N4O3. The Morgan fingerprint density at radius 2 is 2.04 bits per heavy atom. The first-order valence-electron chi connectivity index (χ1n) is 8.44. The van der Waals surface area contributed by atoms with E-state index in [0.717, 1.165) is 0 Å². The van der Waals surface area contributed by atoms with Gasteiger partial charge in [0.1, 0.15) is 23.2 Å². The van der Waals surface area contributed by atoms with Gasteiger partial charge in [0, 0.05) is 18.1 Å². The molecule has 0 aliphatic rings. The number of nitriles is 1. The lowest BCUT2D eigenvalue weighted by molar-refractivity contribution is 0.102. The number of para-hydroxylation sites is 1. The fourth-order valence-electron chi connectivity index (χ4n) is 2.85. The first kappa shape index (κ1) is 18.1. The highest BCUT2D eigenvalue weighted by Gasteiger charge is 2.22. The molecule has 2 N–H and O–H groups in total. The van der Waals surface area contributed by atoms with Crippen molar-refractivity contribution >= 4 is 22.6 Å². The summed E-state index contributed by atoms with van der Waals surface area (Å²) in [5, 5.41) is 22.3. The third kappa shape index (κ3) is 3.51. The Kier molecular flexibility index (Phi) is 4.90. The molecule has 0 aliphatic heterocycles. The Bertz CT molecular complexity index is 1110. The van der Waals surface area contributed by atoms with Crippen molar-refractivity contribution in [2.24, 2.45) is 5.92 Å². The third-order valence-corrected chi connectivity index (χ3v) is 4.05. The highest BCUT2D eigenvalue weighted by atomic mass is 16.3. The van der Waals surface area contributed by atoms with Gasteiger partial charge < -0.3 is 15.0 Å². The number of nitrogens with zero attached hydrogens (tertiary/aromatic N) is 3. The lowest BCUT2D eigenvalue weighted by atomic mass is 10.1. The van der Waals surface area contributed by atoms with Gasteiger partial charge in [-0.3, -0.25) is 9.59 Å². The fraction of sp³-hybridized carbons (Fsp3) is 0.200. The van der Waals surface area contributed by atoms with Crippen molar-refractivity contribution < 1.29 is 9.90 Å². The van der Waals surface area contributed by atoms with E-state index in [9.17, 15) is 14.7 Å². The average Bonchev–Trinajstić information content (AvgIpc) is 2.65. The maximum absolute atomic E-state index is 13.0. The fourth-order valence-corrected chi connectivity index (χ4v) is 2.85. The molecule has 7 nitrogen and oxygen atoms in total. The molecule has 7 heteroatoms. The summed E-state index contributed by atoms with van der Waals surface area (Å²) in [6.45, 7) is 4.35. The number of pyridine rings is 2. The Labute approximate surface area is 155 Å². The number of fused-ring (bicyclic) bond motifs is 1. The summed E-state index contributed by atoms with van der Waals surface area (Å²) in [5.41, 5.74) is 0.0224. The van der Waals surface area contributed by atoms with Crippen LogP contribution >= 0.6 is 0 Å². The molecule has 0 spiro atoms. The predicted molar refractivity (Wildman–Crippen MR) is 102 cm³/mol. The molecule has 136 valence electrons. The molecule has 0 saturated heterocycles. The standard InChI is InChI=1S/C20H18N4O3/c1-12(2)11-24-15-6-4-3-5-14(15)18(25)17(20(24)27)19(26)23-16-8-7-13(9-21)10-22-16/h3-8,10,12,25H,11H2,1-2H3,(H,22,23,26). The normalized spacial score (nSPS) is 10.7. The third-order valence-electron chi connectivity index (χ3n) is 4.05. The maximum atomic E-state index is 13.0. The number of hydrogen-bond donors (Lipinski definition) is 2. The van der Waals surface area contributed by atoms with E-state index in [1.165, 1.54) is 22.9 Å². The van der Waals surface area contributed by atoms with E-state index in [0.29, 0.717) is 23.0 Å². The Morgan fingerprint density at radius 1 is 1.30 bits per heavy atom. The zero-order valence-corrected chi connectivity index (χ0v) is 14.9. The number of carbonyl (C=O) groups excluding carboxylic acids is 1. The number of anilines is 1. The van der Waals surface area contributed by atoms with Crippen molar-refractivity contribution in [3.8, 4) is 11.8 Å². The van der Waals surface area contributed by atoms with Crippen molar-refractivity contribution in [2.75, 3.05) is 5.32 Å². The zero-order chi connectivity index (χ0) is 19.6. The van der Waals surface area contributed by atoms with Gasteiger partial charge >= 0.3 is 0 Å². The molecule has 0 saturated carbocycles. The van der Waals surface area contributed by atoms with E-state index < -0.39 is 11.5 Å². The van der Waals surface area contributed by atoms with Crippen LogP contribution in [-0.2, 0) is 6.54 Å². The lowest BCUT2D eigenvalue weighted by Gasteiger charge is -2.16. The minimum atomic E-state index is -0.752. The Morgan fingerprint density at radius 3 is 2.67 bits per heavy atom. The molecule has 0 atom stereocenters. The smallest absolute Gasteiger partial charge is 0.267 e. The van der Waals surface area contributed by atoms with Crippen molar-refractivity contribution in [3.05, 3.63) is 64.1 Å². The van der Waals surface area contributed by atoms with Crippen LogP contribution in [0, 0.1) is 17.2 Å². The molecule has 1 amide bonds. The summed E-state index contributed by atoms with van der Waals surface area (Å²) >= 11 is 0. The van der Waals surface area contributed by atoms with E-state index >= 15 is 0 Å². The number of aromatic nitrogens is 2. The summed E-state index contributed by atoms with van der Waals surface area (Å²) in [7, 11) is 0. The first-order valence-corrected chi connectivity index (χ1v) is 8.44. The van der Waals surface area contributed by atoms with Gasteiger partial charge in [-0.25, -0.2) is 4.98 Å². The number of hydrogen-bond acceptors (Lipinski definition) is 5. The summed E-state index contributed by atoms with van der Waals surface area (Å²) in [6, 6.07) is 11.8. The molecule has 0 aliphatic carbocycles. The van der Waals surface area contributed by atoms with Crippen LogP contribution < -0.4 is 10.9 Å². The summed E-state index contributed by atoms with van der Waals surface area (Å²) in [5.74, 6) is -0.757. The molecule has 3 rings (SSSR count). The predicted octanol–water partition coefficient (Wildman–Crippen LogP) is 2.88. The topological polar surface area (TPSA) is 108 Å². The van der Waals surface area contributed by atoms with Crippen LogP contribution in [0.3, 0.4) is 0 Å². The molecule has 27 heavy (non-hydrogen) atoms. The van der Waals surface area contributed by atoms with Crippen LogP contribution in [0.25, 0.3) is 10.9 Å². The lowest BCUT2D eigenvalue weighted by Crippen LogP contribution is -2.31. The van der Waals surface area contributed by atoms with Gasteiger partial charge in [-0.1, -0.05) is 26.0 Å². The minimum Gasteiger partial charge on any atom is -0.506 e. The van der Waals surface area contributed by atoms with E-state index in [1.54, 1.807) is 24.3 Å². The minimum absolute atomic E-state index is 0.173. The second kappa shape index (κ2) is 7.30. The van der Waals surface area contributed by atoms with Crippen LogP contribution in [0.5, 0.6) is 5.75 Å². The number of aromatic hydroxyl groups is 1. The number of carbonyl (C=O) groups is 1. The first-order chi connectivity index (χ1) is 12.9. The molecule has 1 aromatic carbocycles. The van der Waals surface area contributed by atoms with Crippen LogP contribution in [0.15, 0.2) is 47.4 Å². The quantitative estimate of drug-likeness (QED) is 0.742. The van der Waals surface area contributed by atoms with Gasteiger partial charge in [0.2, 0.25) is 0 Å². The SMILES string of the molecule is CC(C)Cn1c(=O)c(C(=O)Nc2ccc(C#N)cn2)c(O)c2ccccc21. The monoisotopic (exact) mass is 362 g/mol. The van der Waals surface area contributed by atoms with E-state index in [-0.39, 0.29) is 23.0 Å².